The summed E-state index contributed by atoms with van der Waals surface area (Å²) in [6.07, 6.45) is 0. The lowest BCUT2D eigenvalue weighted by Crippen LogP contribution is -2.10. The molecule has 0 bridgehead atoms. The van der Waals surface area contributed by atoms with Crippen LogP contribution in [-0.2, 0) is 24.6 Å². The van der Waals surface area contributed by atoms with Crippen molar-refractivity contribution in [1.29, 1.82) is 0 Å². The summed E-state index contributed by atoms with van der Waals surface area (Å²) in [6, 6.07) is 12.6. The molecule has 4 atom stereocenters. The number of hydrogen-bond acceptors (Lipinski definition) is 6. The van der Waals surface area contributed by atoms with Gasteiger partial charge in [-0.05, 0) is 38.5 Å². The molecule has 0 saturated carbocycles. The molecule has 0 aromatic heterocycles. The number of non-ortho nitro benzene ring substituents is 1. The molecule has 29 heavy (non-hydrogen) atoms. The highest BCUT2D eigenvalue weighted by Crippen LogP contribution is 2.69. The second-order valence-corrected chi connectivity index (χ2v) is 10.0. The molecule has 0 radical (unpaired) electrons. The molecule has 1 aliphatic rings. The van der Waals surface area contributed by atoms with Crippen molar-refractivity contribution in [2.24, 2.45) is 0 Å². The number of nitro benzene ring substituents is 1. The number of rotatable bonds is 9. The summed E-state index contributed by atoms with van der Waals surface area (Å²) in [6.45, 7) is 5.67. The maximum atomic E-state index is 13.4. The van der Waals surface area contributed by atoms with E-state index in [0.29, 0.717) is 10.5 Å². The van der Waals surface area contributed by atoms with E-state index in [0.717, 1.165) is 5.56 Å². The van der Waals surface area contributed by atoms with E-state index < -0.39 is 35.3 Å². The van der Waals surface area contributed by atoms with Gasteiger partial charge in [0.15, 0.2) is 0 Å². The number of hydrogen-bond donors (Lipinski definition) is 0. The Morgan fingerprint density at radius 1 is 1.14 bits per heavy atom. The molecule has 1 aliphatic heterocycles. The van der Waals surface area contributed by atoms with E-state index in [1.54, 1.807) is 38.1 Å². The Labute approximate surface area is 172 Å². The van der Waals surface area contributed by atoms with Crippen molar-refractivity contribution in [2.75, 3.05) is 13.2 Å². The summed E-state index contributed by atoms with van der Waals surface area (Å²) >= 11 is 0. The Bertz CT molecular complexity index is 957. The van der Waals surface area contributed by atoms with Crippen LogP contribution in [0.25, 0.3) is 0 Å². The van der Waals surface area contributed by atoms with E-state index in [9.17, 15) is 18.9 Å². The normalized spacial score (nSPS) is 22.2. The summed E-state index contributed by atoms with van der Waals surface area (Å²) in [5, 5.41) is 11.2. The Kier molecular flexibility index (Phi) is 6.65. The molecule has 0 aliphatic carbocycles. The predicted molar refractivity (Wildman–Crippen MR) is 110 cm³/mol. The minimum Gasteiger partial charge on any atom is -0.308 e. The summed E-state index contributed by atoms with van der Waals surface area (Å²) < 4.78 is 39.2. The van der Waals surface area contributed by atoms with Gasteiger partial charge in [-0.3, -0.25) is 14.7 Å². The van der Waals surface area contributed by atoms with E-state index in [2.05, 4.69) is 0 Å². The van der Waals surface area contributed by atoms with Crippen molar-refractivity contribution in [3.63, 3.8) is 0 Å². The van der Waals surface area contributed by atoms with Crippen LogP contribution in [0.5, 0.6) is 0 Å². The van der Waals surface area contributed by atoms with Crippen LogP contribution < -0.4 is 0 Å². The molecule has 2 aromatic carbocycles. The van der Waals surface area contributed by atoms with Crippen LogP contribution in [0, 0.1) is 17.0 Å². The molecule has 0 amide bonds. The highest BCUT2D eigenvalue weighted by molar-refractivity contribution is 7.83. The maximum Gasteiger partial charge on any atom is 0.350 e. The first-order chi connectivity index (χ1) is 13.8. The molecular formula is C19H23N2O6PS. The SMILES string of the molecule is CCOP(=O)(OCC)[C@H]1[C@@H](c2cccc([N+](=O)[O-])c2)N1[S@@](=O)c1ccc(C)cc1. The highest BCUT2D eigenvalue weighted by atomic mass is 32.2. The molecule has 156 valence electrons. The smallest absolute Gasteiger partial charge is 0.308 e. The standard InChI is InChI=1S/C19H23N2O6PS/c1-4-26-28(24,27-5-2)19-18(15-7-6-8-16(13-15)21(22)23)20(19)29(25)17-11-9-14(3)10-12-17/h6-13,18-19H,4-5H2,1-3H3/t18-,19+,20?,29+/m1/s1. The summed E-state index contributed by atoms with van der Waals surface area (Å²) in [5.41, 5.74) is 1.48. The number of nitro groups is 1. The van der Waals surface area contributed by atoms with Gasteiger partial charge in [0.1, 0.15) is 16.8 Å². The zero-order chi connectivity index (χ0) is 21.2. The Hall–Kier alpha value is -1.90. The predicted octanol–water partition coefficient (Wildman–Crippen LogP) is 4.57. The zero-order valence-corrected chi connectivity index (χ0v) is 18.1. The molecule has 10 heteroatoms. The van der Waals surface area contributed by atoms with Gasteiger partial charge >= 0.3 is 7.60 Å². The zero-order valence-electron chi connectivity index (χ0n) is 16.4. The largest absolute Gasteiger partial charge is 0.350 e. The quantitative estimate of drug-likeness (QED) is 0.246. The van der Waals surface area contributed by atoms with Crippen LogP contribution in [-0.4, -0.2) is 32.4 Å². The minimum absolute atomic E-state index is 0.0862. The van der Waals surface area contributed by atoms with Gasteiger partial charge in [-0.25, -0.2) is 4.21 Å². The van der Waals surface area contributed by atoms with Gasteiger partial charge in [-0.2, -0.15) is 4.31 Å². The third-order valence-electron chi connectivity index (χ3n) is 4.51. The van der Waals surface area contributed by atoms with Crippen LogP contribution in [0.15, 0.2) is 53.4 Å². The van der Waals surface area contributed by atoms with E-state index in [1.807, 2.05) is 19.1 Å². The first-order valence-electron chi connectivity index (χ1n) is 9.22. The van der Waals surface area contributed by atoms with Gasteiger partial charge in [0.05, 0.1) is 29.1 Å². The molecule has 2 aromatic rings. The molecule has 1 fully saturated rings. The lowest BCUT2D eigenvalue weighted by Gasteiger charge is -2.16. The molecule has 1 saturated heterocycles. The van der Waals surface area contributed by atoms with E-state index in [1.165, 1.54) is 16.4 Å². The van der Waals surface area contributed by atoms with Crippen molar-refractivity contribution in [2.45, 2.75) is 37.5 Å². The van der Waals surface area contributed by atoms with Crippen molar-refractivity contribution in [3.05, 3.63) is 69.8 Å². The van der Waals surface area contributed by atoms with Crippen molar-refractivity contribution in [1.82, 2.24) is 4.31 Å². The second kappa shape index (κ2) is 8.85. The van der Waals surface area contributed by atoms with E-state index >= 15 is 0 Å². The monoisotopic (exact) mass is 438 g/mol. The van der Waals surface area contributed by atoms with Crippen LogP contribution in [0.4, 0.5) is 5.69 Å². The topological polar surface area (TPSA) is 98.8 Å². The first kappa shape index (κ1) is 21.8. The minimum atomic E-state index is -3.62. The van der Waals surface area contributed by atoms with E-state index in [-0.39, 0.29) is 18.9 Å². The van der Waals surface area contributed by atoms with Crippen LogP contribution in [0.1, 0.15) is 31.0 Å². The second-order valence-electron chi connectivity index (χ2n) is 6.51. The molecule has 8 nitrogen and oxygen atoms in total. The van der Waals surface area contributed by atoms with Gasteiger partial charge in [0.25, 0.3) is 5.69 Å². The fraction of sp³-hybridized carbons (Fsp3) is 0.368. The van der Waals surface area contributed by atoms with Crippen LogP contribution in [0.3, 0.4) is 0 Å². The molecule has 1 unspecified atom stereocenters. The van der Waals surface area contributed by atoms with Gasteiger partial charge in [-0.15, -0.1) is 0 Å². The molecule has 0 spiro atoms. The van der Waals surface area contributed by atoms with Gasteiger partial charge < -0.3 is 9.05 Å². The number of benzene rings is 2. The molecule has 0 N–H and O–H groups in total. The highest BCUT2D eigenvalue weighted by Gasteiger charge is 2.64. The van der Waals surface area contributed by atoms with Crippen molar-refractivity contribution < 1.29 is 22.7 Å². The van der Waals surface area contributed by atoms with Crippen LogP contribution in [0.2, 0.25) is 0 Å². The third kappa shape index (κ3) is 4.49. The average molecular weight is 438 g/mol. The lowest BCUT2D eigenvalue weighted by molar-refractivity contribution is -0.384. The van der Waals surface area contributed by atoms with Crippen molar-refractivity contribution >= 4 is 24.3 Å². The third-order valence-corrected chi connectivity index (χ3v) is 8.59. The Morgan fingerprint density at radius 2 is 1.76 bits per heavy atom. The van der Waals surface area contributed by atoms with Gasteiger partial charge in [0.2, 0.25) is 0 Å². The van der Waals surface area contributed by atoms with Crippen LogP contribution >= 0.6 is 7.60 Å². The van der Waals surface area contributed by atoms with Crippen molar-refractivity contribution in [3.8, 4) is 0 Å². The summed E-state index contributed by atoms with van der Waals surface area (Å²) in [5.74, 6) is -0.786. The Balaban J connectivity index is 2.01. The molecular weight excluding hydrogens is 415 g/mol. The molecule has 1 heterocycles. The van der Waals surface area contributed by atoms with Gasteiger partial charge in [-0.1, -0.05) is 29.8 Å². The number of aryl methyl sites for hydroxylation is 1. The first-order valence-corrected chi connectivity index (χ1v) is 11.9. The average Bonchev–Trinajstić information content (AvgIpc) is 3.45. The fourth-order valence-corrected chi connectivity index (χ4v) is 7.29. The summed E-state index contributed by atoms with van der Waals surface area (Å²) in [4.78, 5) is 11.2. The lowest BCUT2D eigenvalue weighted by atomic mass is 10.1. The fourth-order valence-electron chi connectivity index (χ4n) is 3.18. The maximum absolute atomic E-state index is 13.4. The number of nitrogens with zero attached hydrogens (tertiary/aromatic N) is 2. The van der Waals surface area contributed by atoms with E-state index in [4.69, 9.17) is 9.05 Å². The summed E-state index contributed by atoms with van der Waals surface area (Å²) in [7, 11) is -5.25. The Morgan fingerprint density at radius 3 is 2.31 bits per heavy atom. The molecule has 3 rings (SSSR count). The van der Waals surface area contributed by atoms with Gasteiger partial charge in [0, 0.05) is 12.1 Å².